The van der Waals surface area contributed by atoms with Crippen molar-refractivity contribution in [2.24, 2.45) is 0 Å². The molecule has 86 valence electrons. The fraction of sp³-hybridized carbons (Fsp3) is 0.300. The van der Waals surface area contributed by atoms with Crippen molar-refractivity contribution in [2.45, 2.75) is 11.3 Å². The molecule has 0 aromatic heterocycles. The highest BCUT2D eigenvalue weighted by Gasteiger charge is 2.19. The molecule has 0 aliphatic heterocycles. The first-order chi connectivity index (χ1) is 7.51. The molecule has 0 aliphatic rings. The van der Waals surface area contributed by atoms with Crippen molar-refractivity contribution in [2.75, 3.05) is 12.9 Å². The zero-order chi connectivity index (χ0) is 12.2. The van der Waals surface area contributed by atoms with E-state index in [1.807, 2.05) is 0 Å². The number of halogens is 1. The van der Waals surface area contributed by atoms with Gasteiger partial charge in [0.2, 0.25) is 0 Å². The smallest absolute Gasteiger partial charge is 0.183 e. The van der Waals surface area contributed by atoms with Crippen LogP contribution in [0.15, 0.2) is 23.1 Å². The summed E-state index contributed by atoms with van der Waals surface area (Å²) in [4.78, 5) is 0.0257. The van der Waals surface area contributed by atoms with E-state index in [4.69, 9.17) is 21.6 Å². The Hall–Kier alpha value is -1.25. The topological polar surface area (TPSA) is 67.2 Å². The third-order valence-corrected chi connectivity index (χ3v) is 3.91. The van der Waals surface area contributed by atoms with Crippen molar-refractivity contribution < 1.29 is 13.2 Å². The summed E-state index contributed by atoms with van der Waals surface area (Å²) in [5.74, 6) is 0.00237. The Morgan fingerprint density at radius 1 is 1.50 bits per heavy atom. The van der Waals surface area contributed by atoms with E-state index in [-0.39, 0.29) is 22.8 Å². The maximum Gasteiger partial charge on any atom is 0.183 e. The lowest BCUT2D eigenvalue weighted by atomic mass is 10.3. The number of methoxy groups -OCH3 is 1. The number of nitrogens with zero attached hydrogens (tertiary/aromatic N) is 1. The second kappa shape index (κ2) is 5.19. The Morgan fingerprint density at radius 2 is 2.19 bits per heavy atom. The largest absolute Gasteiger partial charge is 0.495 e. The molecule has 0 aliphatic carbocycles. The van der Waals surface area contributed by atoms with Gasteiger partial charge in [-0.25, -0.2) is 8.42 Å². The molecule has 0 amide bonds. The van der Waals surface area contributed by atoms with Crippen LogP contribution in [0.25, 0.3) is 0 Å². The van der Waals surface area contributed by atoms with Gasteiger partial charge >= 0.3 is 0 Å². The number of hydrogen-bond donors (Lipinski definition) is 0. The van der Waals surface area contributed by atoms with Gasteiger partial charge in [0.15, 0.2) is 9.84 Å². The summed E-state index contributed by atoms with van der Waals surface area (Å²) in [5.41, 5.74) is 0. The maximum absolute atomic E-state index is 11.8. The molecule has 0 fully saturated rings. The van der Waals surface area contributed by atoms with Gasteiger partial charge in [0, 0.05) is 11.4 Å². The van der Waals surface area contributed by atoms with Gasteiger partial charge in [-0.2, -0.15) is 5.26 Å². The fourth-order valence-corrected chi connectivity index (χ4v) is 2.76. The molecule has 0 unspecified atom stereocenters. The molecule has 0 atom stereocenters. The van der Waals surface area contributed by atoms with Crippen LogP contribution in [0.5, 0.6) is 5.75 Å². The van der Waals surface area contributed by atoms with Crippen molar-refractivity contribution in [3.8, 4) is 11.8 Å². The Kier molecular flexibility index (Phi) is 4.16. The van der Waals surface area contributed by atoms with Crippen molar-refractivity contribution >= 4 is 21.4 Å². The van der Waals surface area contributed by atoms with Gasteiger partial charge in [-0.3, -0.25) is 0 Å². The van der Waals surface area contributed by atoms with Crippen LogP contribution in [-0.4, -0.2) is 21.3 Å². The van der Waals surface area contributed by atoms with Crippen molar-refractivity contribution in [3.05, 3.63) is 23.2 Å². The van der Waals surface area contributed by atoms with Crippen LogP contribution >= 0.6 is 11.6 Å². The Balaban J connectivity index is 3.21. The lowest BCUT2D eigenvalue weighted by molar-refractivity contribution is 0.403. The third kappa shape index (κ3) is 2.87. The minimum atomic E-state index is -3.52. The summed E-state index contributed by atoms with van der Waals surface area (Å²) in [6.07, 6.45) is -0.0575. The molecule has 0 bridgehead atoms. The standard InChI is InChI=1S/C10H10ClNO3S/c1-15-9-4-3-8(11)7-10(9)16(13,14)6-2-5-12/h3-4,7H,2,6H2,1H3. The second-order valence-corrected chi connectivity index (χ2v) is 5.54. The summed E-state index contributed by atoms with van der Waals surface area (Å²) in [6.45, 7) is 0. The van der Waals surface area contributed by atoms with E-state index in [9.17, 15) is 8.42 Å². The molecular weight excluding hydrogens is 250 g/mol. The second-order valence-electron chi connectivity index (χ2n) is 3.02. The number of sulfone groups is 1. The average molecular weight is 260 g/mol. The molecule has 4 nitrogen and oxygen atoms in total. The Bertz CT molecular complexity index is 519. The summed E-state index contributed by atoms with van der Waals surface area (Å²) >= 11 is 5.73. The molecular formula is C10H10ClNO3S. The van der Waals surface area contributed by atoms with Gasteiger partial charge in [0.05, 0.1) is 18.9 Å². The highest BCUT2D eigenvalue weighted by atomic mass is 35.5. The summed E-state index contributed by atoms with van der Waals surface area (Å²) in [5, 5.41) is 8.70. The quantitative estimate of drug-likeness (QED) is 0.830. The molecule has 0 spiro atoms. The number of hydrogen-bond acceptors (Lipinski definition) is 4. The fourth-order valence-electron chi connectivity index (χ4n) is 1.18. The number of rotatable bonds is 4. The predicted molar refractivity (Wildman–Crippen MR) is 60.3 cm³/mol. The van der Waals surface area contributed by atoms with E-state index >= 15 is 0 Å². The van der Waals surface area contributed by atoms with E-state index in [0.717, 1.165) is 0 Å². The average Bonchev–Trinajstić information content (AvgIpc) is 2.26. The summed E-state index contributed by atoms with van der Waals surface area (Å²) < 4.78 is 28.6. The van der Waals surface area contributed by atoms with Crippen LogP contribution in [0.1, 0.15) is 6.42 Å². The zero-order valence-corrected chi connectivity index (χ0v) is 10.2. The molecule has 1 rings (SSSR count). The minimum absolute atomic E-state index is 0.0257. The molecule has 0 saturated carbocycles. The molecule has 0 heterocycles. The van der Waals surface area contributed by atoms with E-state index < -0.39 is 9.84 Å². The molecule has 0 radical (unpaired) electrons. The normalized spacial score (nSPS) is 10.8. The number of benzene rings is 1. The van der Waals surface area contributed by atoms with Gasteiger partial charge < -0.3 is 4.74 Å². The first-order valence-corrected chi connectivity index (χ1v) is 6.47. The molecule has 6 heteroatoms. The Labute approximate surface area is 99.3 Å². The monoisotopic (exact) mass is 259 g/mol. The van der Waals surface area contributed by atoms with Crippen LogP contribution in [0.3, 0.4) is 0 Å². The maximum atomic E-state index is 11.8. The van der Waals surface area contributed by atoms with E-state index in [1.165, 1.54) is 19.2 Å². The molecule has 1 aromatic carbocycles. The van der Waals surface area contributed by atoms with Gasteiger partial charge in [-0.05, 0) is 18.2 Å². The first kappa shape index (κ1) is 12.8. The third-order valence-electron chi connectivity index (χ3n) is 1.94. The highest BCUT2D eigenvalue weighted by molar-refractivity contribution is 7.91. The van der Waals surface area contributed by atoms with Gasteiger partial charge in [0.1, 0.15) is 10.6 Å². The van der Waals surface area contributed by atoms with Crippen LogP contribution in [0, 0.1) is 11.3 Å². The van der Waals surface area contributed by atoms with Gasteiger partial charge in [-0.1, -0.05) is 11.6 Å². The number of ether oxygens (including phenoxy) is 1. The van der Waals surface area contributed by atoms with Gasteiger partial charge in [0.25, 0.3) is 0 Å². The molecule has 16 heavy (non-hydrogen) atoms. The summed E-state index contributed by atoms with van der Waals surface area (Å²) in [6, 6.07) is 6.15. The van der Waals surface area contributed by atoms with Crippen LogP contribution in [0.2, 0.25) is 5.02 Å². The van der Waals surface area contributed by atoms with Crippen LogP contribution in [0.4, 0.5) is 0 Å². The van der Waals surface area contributed by atoms with E-state index in [0.29, 0.717) is 5.02 Å². The van der Waals surface area contributed by atoms with E-state index in [1.54, 1.807) is 12.1 Å². The van der Waals surface area contributed by atoms with Crippen molar-refractivity contribution in [3.63, 3.8) is 0 Å². The van der Waals surface area contributed by atoms with Crippen molar-refractivity contribution in [1.29, 1.82) is 5.26 Å². The van der Waals surface area contributed by atoms with Gasteiger partial charge in [-0.15, -0.1) is 0 Å². The molecule has 1 aromatic rings. The van der Waals surface area contributed by atoms with E-state index in [2.05, 4.69) is 0 Å². The number of nitriles is 1. The molecule has 0 N–H and O–H groups in total. The predicted octanol–water partition coefficient (Wildman–Crippen LogP) is 2.04. The zero-order valence-electron chi connectivity index (χ0n) is 8.60. The lowest BCUT2D eigenvalue weighted by Gasteiger charge is -2.08. The SMILES string of the molecule is COc1ccc(Cl)cc1S(=O)(=O)CCC#N. The highest BCUT2D eigenvalue weighted by Crippen LogP contribution is 2.28. The summed E-state index contributed by atoms with van der Waals surface area (Å²) in [7, 11) is -2.14. The Morgan fingerprint density at radius 3 is 2.75 bits per heavy atom. The lowest BCUT2D eigenvalue weighted by Crippen LogP contribution is -2.08. The van der Waals surface area contributed by atoms with Crippen molar-refractivity contribution in [1.82, 2.24) is 0 Å². The first-order valence-electron chi connectivity index (χ1n) is 4.44. The van der Waals surface area contributed by atoms with Crippen LogP contribution in [-0.2, 0) is 9.84 Å². The minimum Gasteiger partial charge on any atom is -0.495 e. The molecule has 0 saturated heterocycles. The van der Waals surface area contributed by atoms with Crippen LogP contribution < -0.4 is 4.74 Å².